The molecule has 0 aliphatic rings. The van der Waals surface area contributed by atoms with E-state index in [2.05, 4.69) is 15.5 Å². The first-order valence-electron chi connectivity index (χ1n) is 9.66. The largest absolute Gasteiger partial charge is 0.497 e. The highest BCUT2D eigenvalue weighted by Gasteiger charge is 2.20. The van der Waals surface area contributed by atoms with Gasteiger partial charge in [0.15, 0.2) is 12.4 Å². The number of carbonyl (C=O) groups excluding carboxylic acids is 2. The third-order valence-electron chi connectivity index (χ3n) is 4.17. The molecule has 158 valence electrons. The molecule has 0 bridgehead atoms. The van der Waals surface area contributed by atoms with Gasteiger partial charge in [0.1, 0.15) is 5.75 Å². The van der Waals surface area contributed by atoms with Crippen molar-refractivity contribution in [2.75, 3.05) is 20.3 Å². The van der Waals surface area contributed by atoms with E-state index >= 15 is 0 Å². The topological polar surface area (TPSA) is 104 Å². The molecule has 1 N–H and O–H groups in total. The highest BCUT2D eigenvalue weighted by Crippen LogP contribution is 2.19. The van der Waals surface area contributed by atoms with Crippen LogP contribution in [0.15, 0.2) is 28.8 Å². The molecular weight excluding hydrogens is 374 g/mol. The first-order valence-corrected chi connectivity index (χ1v) is 9.66. The zero-order chi connectivity index (χ0) is 21.3. The van der Waals surface area contributed by atoms with Crippen LogP contribution in [0, 0.1) is 0 Å². The molecule has 8 nitrogen and oxygen atoms in total. The summed E-state index contributed by atoms with van der Waals surface area (Å²) in [5, 5.41) is 6.68. The van der Waals surface area contributed by atoms with Gasteiger partial charge in [-0.2, -0.15) is 4.98 Å². The van der Waals surface area contributed by atoms with Crippen LogP contribution in [0.3, 0.4) is 0 Å². The lowest BCUT2D eigenvalue weighted by molar-refractivity contribution is -0.148. The number of nitrogens with zero attached hydrogens (tertiary/aromatic N) is 2. The van der Waals surface area contributed by atoms with Crippen molar-refractivity contribution in [2.45, 2.75) is 51.9 Å². The van der Waals surface area contributed by atoms with Crippen LogP contribution in [0.5, 0.6) is 5.75 Å². The van der Waals surface area contributed by atoms with Gasteiger partial charge in [-0.15, -0.1) is 0 Å². The Balaban J connectivity index is 1.58. The monoisotopic (exact) mass is 403 g/mol. The fourth-order valence-electron chi connectivity index (χ4n) is 2.45. The standard InChI is InChI=1S/C21H29N3O5/c1-21(2,3)20-23-18(29-24-20)6-5-7-19(26)28-14-17(25)22-13-12-15-8-10-16(27-4)11-9-15/h8-11H,5-7,12-14H2,1-4H3,(H,22,25). The first kappa shape index (κ1) is 22.4. The summed E-state index contributed by atoms with van der Waals surface area (Å²) in [5.74, 6) is 1.18. The Hall–Kier alpha value is -2.90. The van der Waals surface area contributed by atoms with Crippen molar-refractivity contribution in [3.63, 3.8) is 0 Å². The summed E-state index contributed by atoms with van der Waals surface area (Å²) in [5.41, 5.74) is 0.903. The van der Waals surface area contributed by atoms with E-state index in [1.165, 1.54) is 0 Å². The van der Waals surface area contributed by atoms with E-state index in [1.807, 2.05) is 45.0 Å². The molecule has 0 saturated carbocycles. The molecular formula is C21H29N3O5. The normalized spacial score (nSPS) is 11.2. The van der Waals surface area contributed by atoms with Crippen LogP contribution in [0.1, 0.15) is 50.9 Å². The number of amides is 1. The van der Waals surface area contributed by atoms with E-state index in [1.54, 1.807) is 7.11 Å². The number of hydrogen-bond donors (Lipinski definition) is 1. The van der Waals surface area contributed by atoms with Gasteiger partial charge < -0.3 is 19.3 Å². The molecule has 1 amide bonds. The van der Waals surface area contributed by atoms with Crippen molar-refractivity contribution in [2.24, 2.45) is 0 Å². The highest BCUT2D eigenvalue weighted by atomic mass is 16.5. The van der Waals surface area contributed by atoms with Gasteiger partial charge in [0.05, 0.1) is 7.11 Å². The zero-order valence-corrected chi connectivity index (χ0v) is 17.5. The van der Waals surface area contributed by atoms with Gasteiger partial charge in [-0.3, -0.25) is 9.59 Å². The molecule has 0 aliphatic heterocycles. The summed E-state index contributed by atoms with van der Waals surface area (Å²) in [4.78, 5) is 27.9. The molecule has 2 aromatic rings. The van der Waals surface area contributed by atoms with Gasteiger partial charge in [-0.05, 0) is 30.5 Å². The van der Waals surface area contributed by atoms with Gasteiger partial charge >= 0.3 is 5.97 Å². The van der Waals surface area contributed by atoms with Gasteiger partial charge in [-0.1, -0.05) is 38.1 Å². The average Bonchev–Trinajstić information content (AvgIpc) is 3.16. The number of carbonyl (C=O) groups is 2. The Morgan fingerprint density at radius 2 is 1.86 bits per heavy atom. The molecule has 1 heterocycles. The number of hydrogen-bond acceptors (Lipinski definition) is 7. The average molecular weight is 403 g/mol. The second kappa shape index (κ2) is 10.6. The van der Waals surface area contributed by atoms with Gasteiger partial charge in [-0.25, -0.2) is 0 Å². The molecule has 2 rings (SSSR count). The summed E-state index contributed by atoms with van der Waals surface area (Å²) in [6, 6.07) is 7.63. The van der Waals surface area contributed by atoms with Gasteiger partial charge in [0.25, 0.3) is 5.91 Å². The van der Waals surface area contributed by atoms with E-state index in [4.69, 9.17) is 14.0 Å². The van der Waals surface area contributed by atoms with Crippen LogP contribution < -0.4 is 10.1 Å². The number of aryl methyl sites for hydroxylation is 1. The molecule has 0 radical (unpaired) electrons. The van der Waals surface area contributed by atoms with Gasteiger partial charge in [0.2, 0.25) is 5.89 Å². The fraction of sp³-hybridized carbons (Fsp3) is 0.524. The molecule has 29 heavy (non-hydrogen) atoms. The van der Waals surface area contributed by atoms with E-state index in [0.29, 0.717) is 37.5 Å². The Morgan fingerprint density at radius 1 is 1.14 bits per heavy atom. The molecule has 1 aromatic carbocycles. The predicted molar refractivity (Wildman–Crippen MR) is 107 cm³/mol. The van der Waals surface area contributed by atoms with Crippen molar-refractivity contribution < 1.29 is 23.6 Å². The lowest BCUT2D eigenvalue weighted by Crippen LogP contribution is -2.30. The van der Waals surface area contributed by atoms with Crippen LogP contribution in [0.2, 0.25) is 0 Å². The third kappa shape index (κ3) is 7.93. The minimum atomic E-state index is -0.425. The zero-order valence-electron chi connectivity index (χ0n) is 17.5. The predicted octanol–water partition coefficient (Wildman–Crippen LogP) is 2.60. The lowest BCUT2D eigenvalue weighted by atomic mass is 9.96. The summed E-state index contributed by atoms with van der Waals surface area (Å²) in [6.45, 7) is 6.19. The maximum absolute atomic E-state index is 11.8. The Labute approximate surface area is 171 Å². The number of methoxy groups -OCH3 is 1. The second-order valence-electron chi connectivity index (χ2n) is 7.72. The molecule has 0 spiro atoms. The molecule has 0 fully saturated rings. The van der Waals surface area contributed by atoms with E-state index in [9.17, 15) is 9.59 Å². The molecule has 0 unspecified atom stereocenters. The molecule has 0 aliphatic carbocycles. The quantitative estimate of drug-likeness (QED) is 0.608. The van der Waals surface area contributed by atoms with Crippen molar-refractivity contribution >= 4 is 11.9 Å². The van der Waals surface area contributed by atoms with Crippen molar-refractivity contribution in [1.82, 2.24) is 15.5 Å². The number of esters is 1. The van der Waals surface area contributed by atoms with Crippen LogP contribution in [-0.4, -0.2) is 42.3 Å². The van der Waals surface area contributed by atoms with E-state index < -0.39 is 5.97 Å². The number of rotatable bonds is 10. The Bertz CT molecular complexity index is 793. The van der Waals surface area contributed by atoms with Crippen molar-refractivity contribution in [3.05, 3.63) is 41.5 Å². The number of benzene rings is 1. The number of nitrogens with one attached hydrogen (secondary N) is 1. The van der Waals surface area contributed by atoms with Crippen LogP contribution >= 0.6 is 0 Å². The SMILES string of the molecule is COc1ccc(CCNC(=O)COC(=O)CCCc2nc(C(C)(C)C)no2)cc1. The number of aromatic nitrogens is 2. The molecule has 0 saturated heterocycles. The maximum atomic E-state index is 11.8. The smallest absolute Gasteiger partial charge is 0.306 e. The van der Waals surface area contributed by atoms with E-state index in [-0.39, 0.29) is 24.3 Å². The lowest BCUT2D eigenvalue weighted by Gasteiger charge is -2.10. The summed E-state index contributed by atoms with van der Waals surface area (Å²) in [7, 11) is 1.62. The summed E-state index contributed by atoms with van der Waals surface area (Å²) >= 11 is 0. The molecule has 1 aromatic heterocycles. The minimum absolute atomic E-state index is 0.179. The number of ether oxygens (including phenoxy) is 2. The maximum Gasteiger partial charge on any atom is 0.306 e. The molecule has 8 heteroatoms. The Morgan fingerprint density at radius 3 is 2.48 bits per heavy atom. The highest BCUT2D eigenvalue weighted by molar-refractivity contribution is 5.80. The van der Waals surface area contributed by atoms with Crippen LogP contribution in [0.25, 0.3) is 0 Å². The minimum Gasteiger partial charge on any atom is -0.497 e. The van der Waals surface area contributed by atoms with Crippen LogP contribution in [-0.2, 0) is 32.6 Å². The fourth-order valence-corrected chi connectivity index (χ4v) is 2.45. The van der Waals surface area contributed by atoms with Crippen LogP contribution in [0.4, 0.5) is 0 Å². The molecule has 0 atom stereocenters. The summed E-state index contributed by atoms with van der Waals surface area (Å²) in [6.07, 6.45) is 1.88. The van der Waals surface area contributed by atoms with Gasteiger partial charge in [0, 0.05) is 24.8 Å². The Kier molecular flexibility index (Phi) is 8.18. The third-order valence-corrected chi connectivity index (χ3v) is 4.17. The first-order chi connectivity index (χ1) is 13.8. The van der Waals surface area contributed by atoms with E-state index in [0.717, 1.165) is 11.3 Å². The van der Waals surface area contributed by atoms with Crippen molar-refractivity contribution in [3.8, 4) is 5.75 Å². The van der Waals surface area contributed by atoms with Crippen molar-refractivity contribution in [1.29, 1.82) is 0 Å². The summed E-state index contributed by atoms with van der Waals surface area (Å²) < 4.78 is 15.3. The second-order valence-corrected chi connectivity index (χ2v) is 7.72.